The maximum absolute atomic E-state index is 12.3. The summed E-state index contributed by atoms with van der Waals surface area (Å²) in [5.74, 6) is 0.0648. The third-order valence-electron chi connectivity index (χ3n) is 4.63. The molecule has 1 aromatic heterocycles. The molecular formula is C22H28N6O2. The number of hydrogen-bond donors (Lipinski definition) is 3. The molecule has 0 aliphatic rings. The Morgan fingerprint density at radius 3 is 2.07 bits per heavy atom. The Bertz CT molecular complexity index is 1010. The third kappa shape index (κ3) is 4.76. The Morgan fingerprint density at radius 1 is 0.967 bits per heavy atom. The van der Waals surface area contributed by atoms with Crippen molar-refractivity contribution in [2.45, 2.75) is 52.4 Å². The van der Waals surface area contributed by atoms with Crippen LogP contribution in [0, 0.1) is 0 Å². The van der Waals surface area contributed by atoms with Crippen molar-refractivity contribution in [3.05, 3.63) is 59.2 Å². The molecule has 8 nitrogen and oxygen atoms in total. The van der Waals surface area contributed by atoms with Gasteiger partial charge in [0.1, 0.15) is 5.75 Å². The lowest BCUT2D eigenvalue weighted by molar-refractivity contribution is 0.102. The predicted molar refractivity (Wildman–Crippen MR) is 117 cm³/mol. The number of tetrazole rings is 1. The van der Waals surface area contributed by atoms with Crippen LogP contribution in [-0.4, -0.2) is 31.3 Å². The normalized spacial score (nSPS) is 11.9. The fraction of sp³-hybridized carbons (Fsp3) is 0.364. The molecule has 30 heavy (non-hydrogen) atoms. The minimum Gasteiger partial charge on any atom is -0.507 e. The summed E-state index contributed by atoms with van der Waals surface area (Å²) in [6.45, 7) is 12.3. The Labute approximate surface area is 176 Å². The lowest BCUT2D eigenvalue weighted by Crippen LogP contribution is -2.20. The van der Waals surface area contributed by atoms with Crippen molar-refractivity contribution in [2.24, 2.45) is 0 Å². The summed E-state index contributed by atoms with van der Waals surface area (Å²) in [4.78, 5) is 13.4. The van der Waals surface area contributed by atoms with Crippen LogP contribution in [0.15, 0.2) is 42.5 Å². The van der Waals surface area contributed by atoms with Gasteiger partial charge in [-0.1, -0.05) is 74.8 Å². The number of benzene rings is 2. The number of aromatic hydroxyl groups is 1. The molecule has 0 radical (unpaired) electrons. The number of hydrogen-bond acceptors (Lipinski definition) is 6. The van der Waals surface area contributed by atoms with Gasteiger partial charge in [-0.3, -0.25) is 15.5 Å². The van der Waals surface area contributed by atoms with Gasteiger partial charge in [0.15, 0.2) is 0 Å². The molecule has 0 bridgehead atoms. The SMILES string of the molecule is CC(C)(C)c1cc(Nn2nnc(NC(=O)c3ccccc3)n2)cc(C(C)(C)C)c1O. The van der Waals surface area contributed by atoms with Crippen LogP contribution in [0.3, 0.4) is 0 Å². The molecule has 2 aromatic carbocycles. The highest BCUT2D eigenvalue weighted by Gasteiger charge is 2.26. The van der Waals surface area contributed by atoms with Crippen LogP contribution in [0.1, 0.15) is 63.0 Å². The van der Waals surface area contributed by atoms with Crippen LogP contribution < -0.4 is 10.7 Å². The van der Waals surface area contributed by atoms with Crippen LogP contribution in [0.5, 0.6) is 5.75 Å². The second-order valence-electron chi connectivity index (χ2n) is 9.25. The quantitative estimate of drug-likeness (QED) is 0.561. The fourth-order valence-electron chi connectivity index (χ4n) is 3.03. The van der Waals surface area contributed by atoms with Crippen molar-refractivity contribution in [1.82, 2.24) is 20.3 Å². The van der Waals surface area contributed by atoms with Crippen molar-refractivity contribution in [3.63, 3.8) is 0 Å². The highest BCUT2D eigenvalue weighted by molar-refractivity contribution is 6.03. The molecule has 0 atom stereocenters. The van der Waals surface area contributed by atoms with E-state index < -0.39 is 0 Å². The first-order valence-corrected chi connectivity index (χ1v) is 9.76. The van der Waals surface area contributed by atoms with Gasteiger partial charge in [0.2, 0.25) is 0 Å². The zero-order chi connectivity index (χ0) is 22.1. The van der Waals surface area contributed by atoms with Crippen LogP contribution in [-0.2, 0) is 10.8 Å². The summed E-state index contributed by atoms with van der Waals surface area (Å²) in [7, 11) is 0. The minimum atomic E-state index is -0.315. The first-order chi connectivity index (χ1) is 13.9. The molecule has 0 fully saturated rings. The van der Waals surface area contributed by atoms with Gasteiger partial charge in [-0.05, 0) is 40.3 Å². The smallest absolute Gasteiger partial charge is 0.272 e. The van der Waals surface area contributed by atoms with E-state index in [1.807, 2.05) is 59.7 Å². The molecule has 3 rings (SSSR count). The molecule has 0 unspecified atom stereocenters. The van der Waals surface area contributed by atoms with E-state index in [9.17, 15) is 9.90 Å². The molecule has 0 aliphatic heterocycles. The lowest BCUT2D eigenvalue weighted by atomic mass is 9.79. The number of nitrogens with one attached hydrogen (secondary N) is 2. The molecule has 1 heterocycles. The van der Waals surface area contributed by atoms with E-state index in [4.69, 9.17) is 0 Å². The number of carbonyl (C=O) groups is 1. The standard InChI is InChI=1S/C22H28N6O2/c1-21(2,3)16-12-15(13-17(18(16)29)22(4,5)6)25-28-26-20(24-27-28)23-19(30)14-10-8-7-9-11-14/h7-13,25,29H,1-6H3,(H,23,26,30). The van der Waals surface area contributed by atoms with Crippen molar-refractivity contribution in [2.75, 3.05) is 10.7 Å². The summed E-state index contributed by atoms with van der Waals surface area (Å²) in [5.41, 5.74) is 5.39. The number of phenols is 1. The molecule has 0 spiro atoms. The number of aromatic nitrogens is 4. The Kier molecular flexibility index (Phi) is 5.52. The maximum atomic E-state index is 12.3. The van der Waals surface area contributed by atoms with E-state index in [1.165, 1.54) is 4.91 Å². The molecule has 0 saturated heterocycles. The summed E-state index contributed by atoms with van der Waals surface area (Å²) in [6.07, 6.45) is 0. The van der Waals surface area contributed by atoms with Crippen molar-refractivity contribution < 1.29 is 9.90 Å². The molecule has 8 heteroatoms. The van der Waals surface area contributed by atoms with Crippen LogP contribution in [0.25, 0.3) is 0 Å². The number of carbonyl (C=O) groups excluding carboxylic acids is 1. The molecule has 3 aromatic rings. The van der Waals surface area contributed by atoms with E-state index >= 15 is 0 Å². The van der Waals surface area contributed by atoms with Gasteiger partial charge in [0, 0.05) is 16.7 Å². The fourth-order valence-corrected chi connectivity index (χ4v) is 3.03. The number of anilines is 2. The van der Waals surface area contributed by atoms with Gasteiger partial charge in [-0.2, -0.15) is 0 Å². The van der Waals surface area contributed by atoms with Gasteiger partial charge < -0.3 is 5.11 Å². The molecule has 158 valence electrons. The van der Waals surface area contributed by atoms with Gasteiger partial charge in [-0.15, -0.1) is 0 Å². The maximum Gasteiger partial charge on any atom is 0.272 e. The van der Waals surface area contributed by atoms with E-state index in [-0.39, 0.29) is 22.7 Å². The largest absolute Gasteiger partial charge is 0.507 e. The summed E-state index contributed by atoms with van der Waals surface area (Å²) < 4.78 is 0. The summed E-state index contributed by atoms with van der Waals surface area (Å²) >= 11 is 0. The molecule has 1 amide bonds. The van der Waals surface area contributed by atoms with E-state index in [0.29, 0.717) is 17.0 Å². The number of nitrogens with zero attached hydrogens (tertiary/aromatic N) is 4. The third-order valence-corrected chi connectivity index (χ3v) is 4.63. The predicted octanol–water partition coefficient (Wildman–Crippen LogP) is 4.10. The highest BCUT2D eigenvalue weighted by atomic mass is 16.3. The molecule has 0 saturated carbocycles. The second-order valence-corrected chi connectivity index (χ2v) is 9.25. The first kappa shape index (κ1) is 21.3. The average Bonchev–Trinajstić information content (AvgIpc) is 3.08. The van der Waals surface area contributed by atoms with Gasteiger partial charge >= 0.3 is 0 Å². The van der Waals surface area contributed by atoms with E-state index in [0.717, 1.165) is 11.1 Å². The van der Waals surface area contributed by atoms with Crippen molar-refractivity contribution in [1.29, 1.82) is 0 Å². The average molecular weight is 409 g/mol. The van der Waals surface area contributed by atoms with Crippen LogP contribution in [0.4, 0.5) is 11.6 Å². The second kappa shape index (κ2) is 7.78. The van der Waals surface area contributed by atoms with E-state index in [1.54, 1.807) is 24.3 Å². The monoisotopic (exact) mass is 408 g/mol. The zero-order valence-corrected chi connectivity index (χ0v) is 18.2. The lowest BCUT2D eigenvalue weighted by Gasteiger charge is -2.28. The Balaban J connectivity index is 1.86. The van der Waals surface area contributed by atoms with Crippen molar-refractivity contribution >= 4 is 17.5 Å². The van der Waals surface area contributed by atoms with Crippen LogP contribution in [0.2, 0.25) is 0 Å². The number of rotatable bonds is 4. The van der Waals surface area contributed by atoms with Gasteiger partial charge in [0.25, 0.3) is 11.9 Å². The van der Waals surface area contributed by atoms with Gasteiger partial charge in [0.05, 0.1) is 5.69 Å². The zero-order valence-electron chi connectivity index (χ0n) is 18.2. The van der Waals surface area contributed by atoms with Gasteiger partial charge in [-0.25, -0.2) is 0 Å². The molecule has 0 aliphatic carbocycles. The number of phenolic OH excluding ortho intramolecular Hbond substituents is 1. The molecule has 3 N–H and O–H groups in total. The van der Waals surface area contributed by atoms with Crippen molar-refractivity contribution in [3.8, 4) is 5.75 Å². The Hall–Kier alpha value is -3.42. The van der Waals surface area contributed by atoms with E-state index in [2.05, 4.69) is 26.2 Å². The minimum absolute atomic E-state index is 0.0854. The van der Waals surface area contributed by atoms with Crippen LogP contribution >= 0.6 is 0 Å². The number of amides is 1. The first-order valence-electron chi connectivity index (χ1n) is 9.76. The Morgan fingerprint density at radius 2 is 1.53 bits per heavy atom. The summed E-state index contributed by atoms with van der Waals surface area (Å²) in [6, 6.07) is 12.6. The highest BCUT2D eigenvalue weighted by Crippen LogP contribution is 2.40. The topological polar surface area (TPSA) is 105 Å². The summed E-state index contributed by atoms with van der Waals surface area (Å²) in [5, 5.41) is 25.5. The molecular weight excluding hydrogens is 380 g/mol.